The number of nitrogens with two attached hydrogens (primary N) is 1. The second-order valence-electron chi connectivity index (χ2n) is 11.9. The molecule has 46 heavy (non-hydrogen) atoms. The van der Waals surface area contributed by atoms with E-state index in [-0.39, 0.29) is 56.0 Å². The average molecular weight is 634 g/mol. The van der Waals surface area contributed by atoms with Gasteiger partial charge in [0.05, 0.1) is 12.8 Å². The van der Waals surface area contributed by atoms with Crippen molar-refractivity contribution in [1.29, 1.82) is 5.41 Å². The average Bonchev–Trinajstić information content (AvgIpc) is 3.46. The number of carboxylic acids is 1. The summed E-state index contributed by atoms with van der Waals surface area (Å²) in [6.07, 6.45) is 2.86. The summed E-state index contributed by atoms with van der Waals surface area (Å²) in [6, 6.07) is 15.0. The van der Waals surface area contributed by atoms with Gasteiger partial charge in [-0.25, -0.2) is 0 Å². The van der Waals surface area contributed by atoms with Crippen LogP contribution in [0.4, 0.5) is 0 Å². The number of rotatable bonds is 15. The SMILES string of the molecule is N=C(N)NCCCC(NC(=O)C1CCC2CCC(NC(=O)Cc3ccccc3)C(=O)N21)C(=O)NC(CC(=O)O)Cc1ccccc1. The number of nitrogens with one attached hydrogen (secondary N) is 5. The Bertz CT molecular complexity index is 1390. The van der Waals surface area contributed by atoms with E-state index in [4.69, 9.17) is 11.1 Å². The van der Waals surface area contributed by atoms with Crippen LogP contribution in [0.5, 0.6) is 0 Å². The Balaban J connectivity index is 1.42. The van der Waals surface area contributed by atoms with Gasteiger partial charge in [0.25, 0.3) is 0 Å². The van der Waals surface area contributed by atoms with Crippen LogP contribution in [0.1, 0.15) is 56.1 Å². The number of guanidine groups is 1. The number of hydrogen-bond acceptors (Lipinski definition) is 6. The Labute approximate surface area is 268 Å². The summed E-state index contributed by atoms with van der Waals surface area (Å²) >= 11 is 0. The number of fused-ring (bicyclic) bond motifs is 1. The molecule has 0 spiro atoms. The van der Waals surface area contributed by atoms with Gasteiger partial charge >= 0.3 is 5.97 Å². The lowest BCUT2D eigenvalue weighted by Crippen LogP contribution is -2.60. The normalized spacial score (nSPS) is 20.1. The zero-order valence-corrected chi connectivity index (χ0v) is 25.7. The third kappa shape index (κ3) is 9.78. The number of carboxylic acid groups (broad SMARTS) is 1. The maximum Gasteiger partial charge on any atom is 0.305 e. The first-order chi connectivity index (χ1) is 22.1. The van der Waals surface area contributed by atoms with Crippen molar-refractivity contribution in [2.45, 2.75) is 88.0 Å². The number of piperidine rings is 1. The number of carbonyl (C=O) groups is 5. The largest absolute Gasteiger partial charge is 0.481 e. The highest BCUT2D eigenvalue weighted by atomic mass is 16.4. The second kappa shape index (κ2) is 16.4. The van der Waals surface area contributed by atoms with Gasteiger partial charge in [-0.3, -0.25) is 29.4 Å². The zero-order chi connectivity index (χ0) is 33.1. The van der Waals surface area contributed by atoms with E-state index in [1.165, 1.54) is 0 Å². The van der Waals surface area contributed by atoms with Gasteiger partial charge in [0.2, 0.25) is 23.6 Å². The van der Waals surface area contributed by atoms with Crippen molar-refractivity contribution in [3.63, 3.8) is 0 Å². The molecule has 2 aromatic rings. The van der Waals surface area contributed by atoms with Gasteiger partial charge in [-0.2, -0.15) is 0 Å². The van der Waals surface area contributed by atoms with E-state index in [0.29, 0.717) is 32.1 Å². The fourth-order valence-corrected chi connectivity index (χ4v) is 6.23. The maximum absolute atomic E-state index is 13.7. The fourth-order valence-electron chi connectivity index (χ4n) is 6.23. The van der Waals surface area contributed by atoms with Crippen LogP contribution in [0, 0.1) is 5.41 Å². The summed E-state index contributed by atoms with van der Waals surface area (Å²) in [7, 11) is 0. The Morgan fingerprint density at radius 2 is 1.59 bits per heavy atom. The van der Waals surface area contributed by atoms with Crippen molar-refractivity contribution in [2.75, 3.05) is 6.54 Å². The van der Waals surface area contributed by atoms with Crippen LogP contribution in [-0.2, 0) is 36.8 Å². The highest BCUT2D eigenvalue weighted by Crippen LogP contribution is 2.33. The van der Waals surface area contributed by atoms with Gasteiger partial charge in [-0.15, -0.1) is 0 Å². The number of hydrogen-bond donors (Lipinski definition) is 7. The van der Waals surface area contributed by atoms with Crippen LogP contribution in [0.25, 0.3) is 0 Å². The quantitative estimate of drug-likeness (QED) is 0.0847. The maximum atomic E-state index is 13.7. The summed E-state index contributed by atoms with van der Waals surface area (Å²) in [5.74, 6) is -2.90. The predicted octanol–water partition coefficient (Wildman–Crippen LogP) is 0.818. The van der Waals surface area contributed by atoms with Gasteiger partial charge in [-0.1, -0.05) is 60.7 Å². The van der Waals surface area contributed by atoms with Crippen molar-refractivity contribution in [2.24, 2.45) is 5.73 Å². The Morgan fingerprint density at radius 1 is 0.935 bits per heavy atom. The predicted molar refractivity (Wildman–Crippen MR) is 170 cm³/mol. The van der Waals surface area contributed by atoms with E-state index in [0.717, 1.165) is 11.1 Å². The van der Waals surface area contributed by atoms with Crippen molar-refractivity contribution in [3.8, 4) is 0 Å². The van der Waals surface area contributed by atoms with Crippen molar-refractivity contribution in [1.82, 2.24) is 26.2 Å². The molecule has 5 atom stereocenters. The van der Waals surface area contributed by atoms with Gasteiger partial charge in [0, 0.05) is 18.6 Å². The number of carbonyl (C=O) groups excluding carboxylic acids is 4. The molecule has 0 saturated carbocycles. The topological polar surface area (TPSA) is 207 Å². The summed E-state index contributed by atoms with van der Waals surface area (Å²) in [5.41, 5.74) is 7.06. The standard InChI is InChI=1S/C33H43N7O6/c34-33(35)36-17-7-12-25(30(44)37-23(20-29(42)43)18-21-8-3-1-4-9-21)39-31(45)27-16-14-24-13-15-26(32(46)40(24)27)38-28(41)19-22-10-5-2-6-11-22/h1-6,8-11,23-27H,7,12-20H2,(H,37,44)(H,38,41)(H,39,45)(H,42,43)(H4,34,35,36). The monoisotopic (exact) mass is 633 g/mol. The lowest BCUT2D eigenvalue weighted by Gasteiger charge is -2.38. The first kappa shape index (κ1) is 33.9. The Kier molecular flexibility index (Phi) is 12.1. The molecule has 0 bridgehead atoms. The molecule has 13 heteroatoms. The van der Waals surface area contributed by atoms with Gasteiger partial charge < -0.3 is 37.0 Å². The molecule has 8 N–H and O–H groups in total. The molecule has 0 radical (unpaired) electrons. The smallest absolute Gasteiger partial charge is 0.305 e. The number of nitrogens with zero attached hydrogens (tertiary/aromatic N) is 1. The second-order valence-corrected chi connectivity index (χ2v) is 11.9. The minimum absolute atomic E-state index is 0.136. The lowest BCUT2D eigenvalue weighted by atomic mass is 9.97. The minimum Gasteiger partial charge on any atom is -0.481 e. The van der Waals surface area contributed by atoms with E-state index in [9.17, 15) is 29.1 Å². The van der Waals surface area contributed by atoms with Crippen LogP contribution in [0.2, 0.25) is 0 Å². The third-order valence-corrected chi connectivity index (χ3v) is 8.40. The van der Waals surface area contributed by atoms with Crippen molar-refractivity contribution >= 4 is 35.6 Å². The van der Waals surface area contributed by atoms with Crippen LogP contribution in [-0.4, -0.2) is 82.3 Å². The third-order valence-electron chi connectivity index (χ3n) is 8.40. The van der Waals surface area contributed by atoms with Gasteiger partial charge in [0.15, 0.2) is 5.96 Å². The molecule has 2 heterocycles. The molecule has 4 rings (SSSR count). The van der Waals surface area contributed by atoms with Crippen LogP contribution in [0.3, 0.4) is 0 Å². The summed E-state index contributed by atoms with van der Waals surface area (Å²) in [4.78, 5) is 66.7. The first-order valence-corrected chi connectivity index (χ1v) is 15.7. The summed E-state index contributed by atoms with van der Waals surface area (Å²) in [5, 5.41) is 28.0. The molecule has 0 aromatic heterocycles. The van der Waals surface area contributed by atoms with Crippen LogP contribution < -0.4 is 27.0 Å². The van der Waals surface area contributed by atoms with Gasteiger partial charge in [-0.05, 0) is 56.1 Å². The molecular formula is C33H43N7O6. The fraction of sp³-hybridized carbons (Fsp3) is 0.455. The molecule has 2 aliphatic rings. The zero-order valence-electron chi connectivity index (χ0n) is 25.7. The highest BCUT2D eigenvalue weighted by Gasteiger charge is 2.46. The van der Waals surface area contributed by atoms with E-state index < -0.39 is 42.0 Å². The number of aliphatic carboxylic acids is 1. The lowest BCUT2D eigenvalue weighted by molar-refractivity contribution is -0.146. The number of amides is 4. The molecule has 2 fully saturated rings. The summed E-state index contributed by atoms with van der Waals surface area (Å²) in [6.45, 7) is 0.290. The number of benzene rings is 2. The van der Waals surface area contributed by atoms with Crippen molar-refractivity contribution in [3.05, 3.63) is 71.8 Å². The molecule has 4 amide bonds. The molecular weight excluding hydrogens is 590 g/mol. The van der Waals surface area contributed by atoms with Crippen molar-refractivity contribution < 1.29 is 29.1 Å². The van der Waals surface area contributed by atoms with Gasteiger partial charge in [0.1, 0.15) is 18.1 Å². The molecule has 2 aliphatic heterocycles. The highest BCUT2D eigenvalue weighted by molar-refractivity contribution is 5.95. The van der Waals surface area contributed by atoms with E-state index in [2.05, 4.69) is 21.3 Å². The molecule has 246 valence electrons. The van der Waals surface area contributed by atoms with E-state index >= 15 is 0 Å². The van der Waals surface area contributed by atoms with Crippen LogP contribution in [0.15, 0.2) is 60.7 Å². The molecule has 2 aromatic carbocycles. The molecule has 13 nitrogen and oxygen atoms in total. The molecule has 0 aliphatic carbocycles. The van der Waals surface area contributed by atoms with E-state index in [1.807, 2.05) is 60.7 Å². The minimum atomic E-state index is -1.07. The van der Waals surface area contributed by atoms with E-state index in [1.54, 1.807) is 4.90 Å². The molecule has 5 unspecified atom stereocenters. The molecule has 2 saturated heterocycles. The Hall–Kier alpha value is -4.94. The summed E-state index contributed by atoms with van der Waals surface area (Å²) < 4.78 is 0. The van der Waals surface area contributed by atoms with Crippen LogP contribution >= 0.6 is 0 Å². The Morgan fingerprint density at radius 3 is 2.24 bits per heavy atom. The first-order valence-electron chi connectivity index (χ1n) is 15.7.